The van der Waals surface area contributed by atoms with Crippen LogP contribution in [0.15, 0.2) is 128 Å². The van der Waals surface area contributed by atoms with Crippen molar-refractivity contribution in [3.8, 4) is 22.3 Å². The molecule has 6 rings (SSSR count). The Labute approximate surface area is 196 Å². The van der Waals surface area contributed by atoms with Crippen LogP contribution in [0, 0.1) is 0 Å². The molecule has 0 aliphatic rings. The number of hydrogen-bond donors (Lipinski definition) is 0. The molecule has 5 aromatic carbocycles. The molecule has 1 heterocycles. The van der Waals surface area contributed by atoms with Gasteiger partial charge in [-0.15, -0.1) is 0 Å². The van der Waals surface area contributed by atoms with Crippen molar-refractivity contribution in [3.05, 3.63) is 128 Å². The lowest BCUT2D eigenvalue weighted by Gasteiger charge is -2.18. The number of hydrogen-bond acceptors (Lipinski definition) is 1. The highest BCUT2D eigenvalue weighted by Gasteiger charge is 2.17. The Kier molecular flexibility index (Phi) is 5.06. The van der Waals surface area contributed by atoms with E-state index in [4.69, 9.17) is 0 Å². The maximum Gasteiger partial charge on any atom is 0.121 e. The molecule has 0 saturated carbocycles. The van der Waals surface area contributed by atoms with Gasteiger partial charge >= 0.3 is 0 Å². The van der Waals surface area contributed by atoms with Crippen molar-refractivity contribution in [3.63, 3.8) is 0 Å². The first-order chi connectivity index (χ1) is 16.4. The van der Waals surface area contributed by atoms with E-state index in [0.29, 0.717) is 9.52 Å². The van der Waals surface area contributed by atoms with Gasteiger partial charge in [0.15, 0.2) is 0 Å². The Balaban J connectivity index is 1.71. The second-order valence-corrected chi connectivity index (χ2v) is 9.55. The van der Waals surface area contributed by atoms with Crippen LogP contribution in [0.1, 0.15) is 0 Å². The van der Waals surface area contributed by atoms with Gasteiger partial charge in [0.05, 0.1) is 0 Å². The third kappa shape index (κ3) is 3.65. The van der Waals surface area contributed by atoms with Gasteiger partial charge in [-0.2, -0.15) is 0 Å². The molecule has 1 aromatic heterocycles. The normalized spacial score (nSPS) is 11.2. The standard InChI is InChI=1S/C31H21NSi/c1-3-9-22(10-4-1)31-27-14-8-7-13-26(27)30(23-17-19-32-20-18-23)28-16-15-25(21-29(28)31)33-24-11-5-2-6-12-24/h1-21H. The van der Waals surface area contributed by atoms with Crippen LogP contribution in [0.2, 0.25) is 0 Å². The van der Waals surface area contributed by atoms with E-state index in [-0.39, 0.29) is 0 Å². The third-order valence-electron chi connectivity index (χ3n) is 6.12. The zero-order chi connectivity index (χ0) is 22.0. The largest absolute Gasteiger partial charge is 0.265 e. The Morgan fingerprint density at radius 2 is 0.970 bits per heavy atom. The molecule has 0 aliphatic heterocycles. The van der Waals surface area contributed by atoms with Crippen LogP contribution in [0.3, 0.4) is 0 Å². The summed E-state index contributed by atoms with van der Waals surface area (Å²) in [6, 6.07) is 41.5. The molecule has 0 N–H and O–H groups in total. The fourth-order valence-corrected chi connectivity index (χ4v) is 5.77. The van der Waals surface area contributed by atoms with E-state index in [1.54, 1.807) is 0 Å². The van der Waals surface area contributed by atoms with Gasteiger partial charge in [-0.3, -0.25) is 4.98 Å². The van der Waals surface area contributed by atoms with Gasteiger partial charge in [-0.05, 0) is 55.9 Å². The van der Waals surface area contributed by atoms with Crippen LogP contribution in [0.4, 0.5) is 0 Å². The quantitative estimate of drug-likeness (QED) is 0.231. The Morgan fingerprint density at radius 1 is 0.424 bits per heavy atom. The molecule has 2 heteroatoms. The number of fused-ring (bicyclic) bond motifs is 2. The molecule has 0 saturated heterocycles. The first kappa shape index (κ1) is 19.7. The zero-order valence-corrected chi connectivity index (χ0v) is 19.1. The SMILES string of the molecule is c1ccc([Si]c2ccc3c(-c4ccncc4)c4ccccc4c(-c4ccccc4)c3c2)cc1. The summed E-state index contributed by atoms with van der Waals surface area (Å²) in [6.45, 7) is 0. The summed E-state index contributed by atoms with van der Waals surface area (Å²) >= 11 is 0. The number of benzene rings is 5. The van der Waals surface area contributed by atoms with Gasteiger partial charge in [0.25, 0.3) is 0 Å². The third-order valence-corrected chi connectivity index (χ3v) is 7.34. The van der Waals surface area contributed by atoms with E-state index >= 15 is 0 Å². The lowest BCUT2D eigenvalue weighted by molar-refractivity contribution is 1.33. The van der Waals surface area contributed by atoms with Crippen molar-refractivity contribution in [1.82, 2.24) is 4.98 Å². The number of aromatic nitrogens is 1. The van der Waals surface area contributed by atoms with E-state index in [1.807, 2.05) is 12.4 Å². The molecule has 0 aliphatic carbocycles. The molecule has 0 atom stereocenters. The monoisotopic (exact) mass is 435 g/mol. The van der Waals surface area contributed by atoms with Crippen LogP contribution in [0.25, 0.3) is 43.8 Å². The summed E-state index contributed by atoms with van der Waals surface area (Å²) in [7, 11) is 0.624. The van der Waals surface area contributed by atoms with Crippen LogP contribution in [-0.2, 0) is 0 Å². The molecule has 6 aromatic rings. The van der Waals surface area contributed by atoms with Crippen molar-refractivity contribution < 1.29 is 0 Å². The first-order valence-corrected chi connectivity index (χ1v) is 12.1. The van der Waals surface area contributed by atoms with Crippen molar-refractivity contribution in [1.29, 1.82) is 0 Å². The lowest BCUT2D eigenvalue weighted by atomic mass is 9.86. The van der Waals surface area contributed by atoms with Gasteiger partial charge in [-0.1, -0.05) is 114 Å². The molecular formula is C31H21NSi. The van der Waals surface area contributed by atoms with Crippen LogP contribution in [-0.4, -0.2) is 14.5 Å². The van der Waals surface area contributed by atoms with Gasteiger partial charge in [-0.25, -0.2) is 0 Å². The molecule has 0 bridgehead atoms. The van der Waals surface area contributed by atoms with E-state index < -0.39 is 0 Å². The molecule has 1 nitrogen and oxygen atoms in total. The van der Waals surface area contributed by atoms with Crippen molar-refractivity contribution >= 4 is 41.4 Å². The Hall–Kier alpha value is -4.01. The molecule has 33 heavy (non-hydrogen) atoms. The fraction of sp³-hybridized carbons (Fsp3) is 0. The summed E-state index contributed by atoms with van der Waals surface area (Å²) in [4.78, 5) is 4.26. The summed E-state index contributed by atoms with van der Waals surface area (Å²) in [5.41, 5.74) is 5.03. The highest BCUT2D eigenvalue weighted by Crippen LogP contribution is 2.42. The number of rotatable bonds is 4. The number of pyridine rings is 1. The maximum absolute atomic E-state index is 4.26. The summed E-state index contributed by atoms with van der Waals surface area (Å²) in [5.74, 6) is 0. The smallest absolute Gasteiger partial charge is 0.121 e. The van der Waals surface area contributed by atoms with Crippen molar-refractivity contribution in [2.24, 2.45) is 0 Å². The molecule has 0 fully saturated rings. The maximum atomic E-state index is 4.26. The predicted octanol–water partition coefficient (Wildman–Crippen LogP) is 6.38. The topological polar surface area (TPSA) is 12.9 Å². The lowest BCUT2D eigenvalue weighted by Crippen LogP contribution is -2.26. The highest BCUT2D eigenvalue weighted by molar-refractivity contribution is 6.67. The molecule has 0 unspecified atom stereocenters. The van der Waals surface area contributed by atoms with E-state index in [9.17, 15) is 0 Å². The summed E-state index contributed by atoms with van der Waals surface area (Å²) in [5, 5.41) is 7.83. The molecule has 0 amide bonds. The minimum atomic E-state index is 0.624. The highest BCUT2D eigenvalue weighted by atomic mass is 28.2. The molecule has 154 valence electrons. The predicted molar refractivity (Wildman–Crippen MR) is 142 cm³/mol. The second kappa shape index (κ2) is 8.49. The minimum Gasteiger partial charge on any atom is -0.265 e. The summed E-state index contributed by atoms with van der Waals surface area (Å²) < 4.78 is 0. The van der Waals surface area contributed by atoms with Gasteiger partial charge < -0.3 is 0 Å². The van der Waals surface area contributed by atoms with E-state index in [2.05, 4.69) is 120 Å². The average Bonchev–Trinajstić information content (AvgIpc) is 2.89. The Bertz CT molecular complexity index is 1560. The number of nitrogens with zero attached hydrogens (tertiary/aromatic N) is 1. The van der Waals surface area contributed by atoms with Crippen molar-refractivity contribution in [2.75, 3.05) is 0 Å². The fourth-order valence-electron chi connectivity index (χ4n) is 4.69. The molecule has 2 radical (unpaired) electrons. The second-order valence-electron chi connectivity index (χ2n) is 8.15. The Morgan fingerprint density at radius 3 is 1.67 bits per heavy atom. The van der Waals surface area contributed by atoms with Crippen LogP contribution < -0.4 is 10.4 Å². The van der Waals surface area contributed by atoms with E-state index in [0.717, 1.165) is 0 Å². The van der Waals surface area contributed by atoms with Crippen LogP contribution >= 0.6 is 0 Å². The zero-order valence-electron chi connectivity index (χ0n) is 18.1. The first-order valence-electron chi connectivity index (χ1n) is 11.1. The van der Waals surface area contributed by atoms with E-state index in [1.165, 1.54) is 54.2 Å². The summed E-state index contributed by atoms with van der Waals surface area (Å²) in [6.07, 6.45) is 3.76. The molecular weight excluding hydrogens is 414 g/mol. The van der Waals surface area contributed by atoms with Gasteiger partial charge in [0, 0.05) is 12.4 Å². The molecule has 0 spiro atoms. The van der Waals surface area contributed by atoms with Crippen LogP contribution in [0.5, 0.6) is 0 Å². The minimum absolute atomic E-state index is 0.624. The van der Waals surface area contributed by atoms with Gasteiger partial charge in [0.1, 0.15) is 9.52 Å². The van der Waals surface area contributed by atoms with Crippen molar-refractivity contribution in [2.45, 2.75) is 0 Å². The average molecular weight is 436 g/mol. The van der Waals surface area contributed by atoms with Gasteiger partial charge in [0.2, 0.25) is 0 Å².